The Morgan fingerprint density at radius 3 is 2.48 bits per heavy atom. The van der Waals surface area contributed by atoms with E-state index in [2.05, 4.69) is 20.3 Å². The smallest absolute Gasteiger partial charge is 0.373 e. The van der Waals surface area contributed by atoms with E-state index in [0.717, 1.165) is 16.8 Å². The minimum atomic E-state index is -0.594. The fourth-order valence-electron chi connectivity index (χ4n) is 2.50. The van der Waals surface area contributed by atoms with Crippen LogP contribution in [0.5, 0.6) is 11.6 Å². The Bertz CT molecular complexity index is 1000. The molecule has 138 valence electrons. The fraction of sp³-hybridized carbons (Fsp3) is 0.167. The minimum Gasteiger partial charge on any atom is -0.434 e. The normalized spacial score (nSPS) is 10.5. The molecule has 0 aliphatic heterocycles. The number of pyridine rings is 1. The summed E-state index contributed by atoms with van der Waals surface area (Å²) in [5.74, 6) is 0.647. The van der Waals surface area contributed by atoms with Crippen LogP contribution in [-0.2, 0) is 0 Å². The first kappa shape index (κ1) is 18.5. The molecular weight excluding hydrogens is 370 g/mol. The van der Waals surface area contributed by atoms with E-state index >= 15 is 0 Å². The van der Waals surface area contributed by atoms with Crippen LogP contribution < -0.4 is 10.1 Å². The highest BCUT2D eigenvalue weighted by atomic mass is 35.5. The third-order valence-electron chi connectivity index (χ3n) is 3.73. The van der Waals surface area contributed by atoms with Gasteiger partial charge in [0.15, 0.2) is 0 Å². The van der Waals surface area contributed by atoms with Crippen LogP contribution in [0.4, 0.5) is 17.3 Å². The lowest BCUT2D eigenvalue weighted by molar-refractivity contribution is -0.385. The van der Waals surface area contributed by atoms with Gasteiger partial charge in [0.05, 0.1) is 4.92 Å². The topological polar surface area (TPSA) is 103 Å². The van der Waals surface area contributed by atoms with Crippen LogP contribution in [0, 0.1) is 30.9 Å². The summed E-state index contributed by atoms with van der Waals surface area (Å²) in [4.78, 5) is 23.2. The van der Waals surface area contributed by atoms with Gasteiger partial charge in [0.25, 0.3) is 0 Å². The van der Waals surface area contributed by atoms with Crippen molar-refractivity contribution in [2.75, 3.05) is 5.32 Å². The lowest BCUT2D eigenvalue weighted by Gasteiger charge is -2.11. The van der Waals surface area contributed by atoms with Crippen molar-refractivity contribution in [3.63, 3.8) is 0 Å². The second-order valence-electron chi connectivity index (χ2n) is 5.90. The van der Waals surface area contributed by atoms with E-state index in [1.54, 1.807) is 24.3 Å². The van der Waals surface area contributed by atoms with E-state index in [-0.39, 0.29) is 17.4 Å². The number of hydrogen-bond acceptors (Lipinski definition) is 7. The molecule has 8 nitrogen and oxygen atoms in total. The number of nitrogens with one attached hydrogen (secondary N) is 1. The Labute approximate surface area is 160 Å². The Hall–Kier alpha value is -3.26. The van der Waals surface area contributed by atoms with Gasteiger partial charge >= 0.3 is 11.6 Å². The van der Waals surface area contributed by atoms with Crippen LogP contribution in [-0.4, -0.2) is 19.9 Å². The van der Waals surface area contributed by atoms with Crippen molar-refractivity contribution in [1.29, 1.82) is 0 Å². The Balaban J connectivity index is 2.00. The van der Waals surface area contributed by atoms with Crippen molar-refractivity contribution >= 4 is 28.9 Å². The van der Waals surface area contributed by atoms with Gasteiger partial charge in [-0.2, -0.15) is 4.98 Å². The highest BCUT2D eigenvalue weighted by Crippen LogP contribution is 2.36. The molecule has 2 heterocycles. The maximum Gasteiger partial charge on any atom is 0.373 e. The molecule has 1 aromatic carbocycles. The summed E-state index contributed by atoms with van der Waals surface area (Å²) in [6, 6.07) is 8.67. The number of nitrogens with zero attached hydrogens (tertiary/aromatic N) is 4. The van der Waals surface area contributed by atoms with Gasteiger partial charge in [-0.15, -0.1) is 0 Å². The number of halogens is 1. The molecule has 27 heavy (non-hydrogen) atoms. The summed E-state index contributed by atoms with van der Waals surface area (Å²) in [5.41, 5.74) is 1.97. The number of nitro groups is 1. The molecule has 0 spiro atoms. The summed E-state index contributed by atoms with van der Waals surface area (Å²) in [7, 11) is 0. The van der Waals surface area contributed by atoms with Gasteiger partial charge in [-0.1, -0.05) is 17.7 Å². The van der Waals surface area contributed by atoms with Gasteiger partial charge in [-0.25, -0.2) is 9.97 Å². The van der Waals surface area contributed by atoms with E-state index in [0.29, 0.717) is 16.6 Å². The molecule has 0 aliphatic rings. The van der Waals surface area contributed by atoms with Crippen LogP contribution in [0.1, 0.15) is 16.8 Å². The number of hydrogen-bond donors (Lipinski definition) is 1. The zero-order chi connectivity index (χ0) is 19.6. The van der Waals surface area contributed by atoms with Crippen molar-refractivity contribution in [2.45, 2.75) is 20.8 Å². The highest BCUT2D eigenvalue weighted by molar-refractivity contribution is 6.32. The third kappa shape index (κ3) is 4.12. The maximum atomic E-state index is 11.6. The standard InChI is InChI=1S/C18H16ClN5O3/c1-10-7-13(8-11(2)15(10)19)27-18-16(24(25)26)17(20-9-21-18)23-14-6-4-5-12(3)22-14/h4-9H,1-3H3,(H,20,21,22,23). The van der Waals surface area contributed by atoms with E-state index in [9.17, 15) is 10.1 Å². The van der Waals surface area contributed by atoms with Crippen molar-refractivity contribution in [3.8, 4) is 11.6 Å². The van der Waals surface area contributed by atoms with E-state index < -0.39 is 4.92 Å². The van der Waals surface area contributed by atoms with Crippen LogP contribution in [0.25, 0.3) is 0 Å². The average Bonchev–Trinajstić information content (AvgIpc) is 2.59. The van der Waals surface area contributed by atoms with E-state index in [1.165, 1.54) is 6.33 Å². The largest absolute Gasteiger partial charge is 0.434 e. The summed E-state index contributed by atoms with van der Waals surface area (Å²) < 4.78 is 5.68. The minimum absolute atomic E-state index is 0.00879. The second kappa shape index (κ2) is 7.55. The molecule has 0 unspecified atom stereocenters. The van der Waals surface area contributed by atoms with Crippen LogP contribution in [0.2, 0.25) is 5.02 Å². The van der Waals surface area contributed by atoms with Crippen LogP contribution in [0.15, 0.2) is 36.7 Å². The molecule has 0 amide bonds. The predicted molar refractivity (Wildman–Crippen MR) is 102 cm³/mol. The molecule has 0 saturated carbocycles. The first-order chi connectivity index (χ1) is 12.8. The zero-order valence-corrected chi connectivity index (χ0v) is 15.6. The molecule has 0 radical (unpaired) electrons. The van der Waals surface area contributed by atoms with Gasteiger partial charge in [0.1, 0.15) is 17.9 Å². The van der Waals surface area contributed by atoms with Crippen LogP contribution >= 0.6 is 11.6 Å². The molecule has 0 atom stereocenters. The molecule has 9 heteroatoms. The van der Waals surface area contributed by atoms with Crippen molar-refractivity contribution in [1.82, 2.24) is 15.0 Å². The number of aryl methyl sites for hydroxylation is 3. The third-order valence-corrected chi connectivity index (χ3v) is 4.33. The molecule has 0 aliphatic carbocycles. The van der Waals surface area contributed by atoms with Crippen molar-refractivity contribution in [3.05, 3.63) is 68.6 Å². The number of benzene rings is 1. The number of aromatic nitrogens is 3. The highest BCUT2D eigenvalue weighted by Gasteiger charge is 2.25. The number of anilines is 2. The predicted octanol–water partition coefficient (Wildman–Crippen LogP) is 4.89. The molecule has 1 N–H and O–H groups in total. The lowest BCUT2D eigenvalue weighted by atomic mass is 10.1. The molecule has 0 saturated heterocycles. The van der Waals surface area contributed by atoms with Crippen molar-refractivity contribution < 1.29 is 9.66 Å². The molecule has 0 bridgehead atoms. The summed E-state index contributed by atoms with van der Waals surface area (Å²) in [6.07, 6.45) is 1.19. The van der Waals surface area contributed by atoms with Gasteiger partial charge in [-0.05, 0) is 56.2 Å². The number of ether oxygens (including phenoxy) is 1. The summed E-state index contributed by atoms with van der Waals surface area (Å²) >= 11 is 6.16. The van der Waals surface area contributed by atoms with E-state index in [4.69, 9.17) is 16.3 Å². The first-order valence-electron chi connectivity index (χ1n) is 8.00. The molecule has 0 fully saturated rings. The van der Waals surface area contributed by atoms with E-state index in [1.807, 2.05) is 26.8 Å². The zero-order valence-electron chi connectivity index (χ0n) is 14.9. The van der Waals surface area contributed by atoms with Crippen LogP contribution in [0.3, 0.4) is 0 Å². The molecular formula is C18H16ClN5O3. The Kier molecular flexibility index (Phi) is 5.18. The monoisotopic (exact) mass is 385 g/mol. The molecule has 2 aromatic heterocycles. The average molecular weight is 386 g/mol. The molecule has 3 aromatic rings. The van der Waals surface area contributed by atoms with Gasteiger partial charge in [-0.3, -0.25) is 10.1 Å². The maximum absolute atomic E-state index is 11.6. The number of rotatable bonds is 5. The first-order valence-corrected chi connectivity index (χ1v) is 8.37. The Morgan fingerprint density at radius 2 is 1.85 bits per heavy atom. The lowest BCUT2D eigenvalue weighted by Crippen LogP contribution is -2.04. The summed E-state index contributed by atoms with van der Waals surface area (Å²) in [5, 5.41) is 15.1. The van der Waals surface area contributed by atoms with Gasteiger partial charge in [0.2, 0.25) is 5.82 Å². The van der Waals surface area contributed by atoms with Crippen molar-refractivity contribution in [2.24, 2.45) is 0 Å². The Morgan fingerprint density at radius 1 is 1.15 bits per heavy atom. The van der Waals surface area contributed by atoms with Gasteiger partial charge < -0.3 is 10.1 Å². The van der Waals surface area contributed by atoms with Gasteiger partial charge in [0, 0.05) is 10.7 Å². The second-order valence-corrected chi connectivity index (χ2v) is 6.27. The SMILES string of the molecule is Cc1cccc(Nc2ncnc(Oc3cc(C)c(Cl)c(C)c3)c2[N+](=O)[O-])n1. The fourth-order valence-corrected chi connectivity index (χ4v) is 2.61. The quantitative estimate of drug-likeness (QED) is 0.492. The molecule has 3 rings (SSSR count). The summed E-state index contributed by atoms with van der Waals surface area (Å²) in [6.45, 7) is 5.47.